The fourth-order valence-electron chi connectivity index (χ4n) is 4.01. The number of carbonyl (C=O) groups is 2. The first kappa shape index (κ1) is 24.1. The number of benzene rings is 3. The smallest absolute Gasteiger partial charge is 0.261 e. The number of halogens is 3. The van der Waals surface area contributed by atoms with Crippen LogP contribution in [0.25, 0.3) is 5.70 Å². The number of ketones is 1. The summed E-state index contributed by atoms with van der Waals surface area (Å²) in [6.07, 6.45) is 2.28. The first-order valence-corrected chi connectivity index (χ1v) is 10.8. The summed E-state index contributed by atoms with van der Waals surface area (Å²) in [6.45, 7) is 4.08. The Kier molecular flexibility index (Phi) is 6.39. The standard InChI is InChI=1S/C27H23F3N2O3/c1-27(2)14-16-6-9-18(35-3)12-19(16)22(32-27)13-23(33)15-4-7-17(8-5-15)31-26(34)24-20(28)10-11-21(29)25(24)30/h4-13,32H,14H2,1-3H3,(H,31,34). The molecule has 3 aromatic rings. The van der Waals surface area contributed by atoms with E-state index in [2.05, 4.69) is 10.6 Å². The van der Waals surface area contributed by atoms with Gasteiger partial charge in [0.2, 0.25) is 0 Å². The molecular weight excluding hydrogens is 457 g/mol. The molecule has 0 unspecified atom stereocenters. The van der Waals surface area contributed by atoms with Crippen LogP contribution in [0.15, 0.2) is 60.7 Å². The summed E-state index contributed by atoms with van der Waals surface area (Å²) >= 11 is 0. The van der Waals surface area contributed by atoms with Gasteiger partial charge >= 0.3 is 0 Å². The van der Waals surface area contributed by atoms with Crippen molar-refractivity contribution < 1.29 is 27.5 Å². The number of fused-ring (bicyclic) bond motifs is 1. The molecule has 0 bridgehead atoms. The summed E-state index contributed by atoms with van der Waals surface area (Å²) in [4.78, 5) is 25.3. The fraction of sp³-hybridized carbons (Fsp3) is 0.185. The largest absolute Gasteiger partial charge is 0.497 e. The summed E-state index contributed by atoms with van der Waals surface area (Å²) in [5.41, 5.74) is 1.87. The number of hydrogen-bond donors (Lipinski definition) is 2. The Morgan fingerprint density at radius 3 is 2.37 bits per heavy atom. The van der Waals surface area contributed by atoms with Gasteiger partial charge in [0.25, 0.3) is 5.91 Å². The van der Waals surface area contributed by atoms with Crippen LogP contribution in [-0.2, 0) is 6.42 Å². The summed E-state index contributed by atoms with van der Waals surface area (Å²) in [6, 6.07) is 12.8. The number of nitrogens with one attached hydrogen (secondary N) is 2. The molecule has 180 valence electrons. The third-order valence-electron chi connectivity index (χ3n) is 5.69. The van der Waals surface area contributed by atoms with Gasteiger partial charge in [-0.25, -0.2) is 13.2 Å². The molecule has 1 amide bonds. The van der Waals surface area contributed by atoms with Gasteiger partial charge < -0.3 is 15.4 Å². The summed E-state index contributed by atoms with van der Waals surface area (Å²) in [7, 11) is 1.58. The van der Waals surface area contributed by atoms with E-state index in [4.69, 9.17) is 4.74 Å². The second-order valence-electron chi connectivity index (χ2n) is 8.88. The lowest BCUT2D eigenvalue weighted by atomic mass is 9.85. The molecular formula is C27H23F3N2O3. The number of hydrogen-bond acceptors (Lipinski definition) is 4. The Labute approximate surface area is 200 Å². The number of methoxy groups -OCH3 is 1. The van der Waals surface area contributed by atoms with Crippen LogP contribution in [0, 0.1) is 17.5 Å². The van der Waals surface area contributed by atoms with Gasteiger partial charge in [0.1, 0.15) is 17.1 Å². The van der Waals surface area contributed by atoms with Crippen LogP contribution in [0.3, 0.4) is 0 Å². The number of allylic oxidation sites excluding steroid dienone is 1. The monoisotopic (exact) mass is 480 g/mol. The van der Waals surface area contributed by atoms with Crippen molar-refractivity contribution in [2.24, 2.45) is 0 Å². The molecule has 35 heavy (non-hydrogen) atoms. The molecule has 1 aliphatic heterocycles. The van der Waals surface area contributed by atoms with E-state index < -0.39 is 28.9 Å². The highest BCUT2D eigenvalue weighted by Crippen LogP contribution is 2.32. The molecule has 0 aliphatic carbocycles. The van der Waals surface area contributed by atoms with Gasteiger partial charge in [-0.1, -0.05) is 6.07 Å². The van der Waals surface area contributed by atoms with Crippen LogP contribution in [0.5, 0.6) is 5.75 Å². The third-order valence-corrected chi connectivity index (χ3v) is 5.69. The Hall–Kier alpha value is -4.07. The lowest BCUT2D eigenvalue weighted by Crippen LogP contribution is -2.43. The van der Waals surface area contributed by atoms with E-state index in [1.807, 2.05) is 32.0 Å². The van der Waals surface area contributed by atoms with Gasteiger partial charge in [0, 0.05) is 34.1 Å². The Morgan fingerprint density at radius 2 is 1.69 bits per heavy atom. The van der Waals surface area contributed by atoms with E-state index >= 15 is 0 Å². The maximum absolute atomic E-state index is 13.9. The first-order valence-electron chi connectivity index (χ1n) is 10.8. The second kappa shape index (κ2) is 9.29. The third kappa shape index (κ3) is 5.06. The number of ether oxygens (including phenoxy) is 1. The highest BCUT2D eigenvalue weighted by molar-refractivity contribution is 6.09. The predicted octanol–water partition coefficient (Wildman–Crippen LogP) is 5.51. The van der Waals surface area contributed by atoms with Crippen molar-refractivity contribution in [2.45, 2.75) is 25.8 Å². The molecule has 0 saturated heterocycles. The molecule has 0 fully saturated rings. The van der Waals surface area contributed by atoms with Crippen molar-refractivity contribution in [1.82, 2.24) is 5.32 Å². The van der Waals surface area contributed by atoms with Crippen molar-refractivity contribution >= 4 is 23.1 Å². The van der Waals surface area contributed by atoms with Gasteiger partial charge in [0.15, 0.2) is 17.4 Å². The molecule has 0 aromatic heterocycles. The quantitative estimate of drug-likeness (QED) is 0.287. The SMILES string of the molecule is COc1ccc2c(c1)C(=CC(=O)c1ccc(NC(=O)c3c(F)ccc(F)c3F)cc1)NC(C)(C)C2. The highest BCUT2D eigenvalue weighted by atomic mass is 19.2. The molecule has 0 radical (unpaired) electrons. The van der Waals surface area contributed by atoms with Gasteiger partial charge in [-0.2, -0.15) is 0 Å². The van der Waals surface area contributed by atoms with Crippen LogP contribution in [-0.4, -0.2) is 24.3 Å². The highest BCUT2D eigenvalue weighted by Gasteiger charge is 2.28. The second-order valence-corrected chi connectivity index (χ2v) is 8.88. The molecule has 3 aromatic carbocycles. The van der Waals surface area contributed by atoms with Gasteiger partial charge in [-0.3, -0.25) is 9.59 Å². The minimum absolute atomic E-state index is 0.189. The topological polar surface area (TPSA) is 67.4 Å². The van der Waals surface area contributed by atoms with Crippen molar-refractivity contribution in [3.63, 3.8) is 0 Å². The van der Waals surface area contributed by atoms with Gasteiger partial charge in [-0.15, -0.1) is 0 Å². The Bertz CT molecular complexity index is 1350. The lowest BCUT2D eigenvalue weighted by molar-refractivity contribution is 0.101. The van der Waals surface area contributed by atoms with Crippen molar-refractivity contribution in [2.75, 3.05) is 12.4 Å². The van der Waals surface area contributed by atoms with Gasteiger partial charge in [0.05, 0.1) is 7.11 Å². The normalized spacial score (nSPS) is 15.2. The molecule has 0 atom stereocenters. The molecule has 2 N–H and O–H groups in total. The fourth-order valence-corrected chi connectivity index (χ4v) is 4.01. The average molecular weight is 480 g/mol. The number of rotatable bonds is 5. The minimum Gasteiger partial charge on any atom is -0.497 e. The zero-order chi connectivity index (χ0) is 25.3. The number of anilines is 1. The summed E-state index contributed by atoms with van der Waals surface area (Å²) < 4.78 is 46.5. The maximum Gasteiger partial charge on any atom is 0.261 e. The molecule has 0 spiro atoms. The zero-order valence-corrected chi connectivity index (χ0v) is 19.3. The van der Waals surface area contributed by atoms with E-state index in [0.717, 1.165) is 17.5 Å². The average Bonchev–Trinajstić information content (AvgIpc) is 2.81. The molecule has 8 heteroatoms. The molecule has 4 rings (SSSR count). The van der Waals surface area contributed by atoms with Crippen LogP contribution < -0.4 is 15.4 Å². The van der Waals surface area contributed by atoms with E-state index in [9.17, 15) is 22.8 Å². The zero-order valence-electron chi connectivity index (χ0n) is 19.3. The van der Waals surface area contributed by atoms with E-state index in [1.54, 1.807) is 7.11 Å². The van der Waals surface area contributed by atoms with E-state index in [1.165, 1.54) is 30.3 Å². The van der Waals surface area contributed by atoms with Crippen molar-refractivity contribution in [3.05, 3.63) is 100 Å². The summed E-state index contributed by atoms with van der Waals surface area (Å²) in [5, 5.41) is 5.71. The molecule has 1 heterocycles. The van der Waals surface area contributed by atoms with E-state index in [-0.39, 0.29) is 17.0 Å². The molecule has 1 aliphatic rings. The van der Waals surface area contributed by atoms with Crippen LogP contribution >= 0.6 is 0 Å². The molecule has 5 nitrogen and oxygen atoms in total. The van der Waals surface area contributed by atoms with Crippen LogP contribution in [0.4, 0.5) is 18.9 Å². The number of carbonyl (C=O) groups excluding carboxylic acids is 2. The minimum atomic E-state index is -1.57. The van der Waals surface area contributed by atoms with Crippen molar-refractivity contribution in [3.8, 4) is 5.75 Å². The maximum atomic E-state index is 13.9. The first-order chi connectivity index (χ1) is 16.6. The van der Waals surface area contributed by atoms with Crippen molar-refractivity contribution in [1.29, 1.82) is 0 Å². The van der Waals surface area contributed by atoms with E-state index in [0.29, 0.717) is 29.1 Å². The summed E-state index contributed by atoms with van der Waals surface area (Å²) in [5.74, 6) is -4.82. The van der Waals surface area contributed by atoms with Gasteiger partial charge in [-0.05, 0) is 74.4 Å². The van der Waals surface area contributed by atoms with Crippen LogP contribution in [0.2, 0.25) is 0 Å². The van der Waals surface area contributed by atoms with Crippen LogP contribution in [0.1, 0.15) is 45.7 Å². The number of amides is 1. The molecule has 0 saturated carbocycles. The Balaban J connectivity index is 1.56. The Morgan fingerprint density at radius 1 is 1.00 bits per heavy atom. The lowest BCUT2D eigenvalue weighted by Gasteiger charge is -2.35. The predicted molar refractivity (Wildman–Crippen MR) is 127 cm³/mol.